The Morgan fingerprint density at radius 2 is 2.04 bits per heavy atom. The Morgan fingerprint density at radius 1 is 1.22 bits per heavy atom. The lowest BCUT2D eigenvalue weighted by molar-refractivity contribution is -0.144. The number of aromatic nitrogens is 2. The maximum absolute atomic E-state index is 13.8. The number of ether oxygens (including phenoxy) is 2. The standard InChI is InChI=1S/C20H18FN3O3/c1-26-20(25)13-7-9-24(12-13)14-2-4-15(5-3-14)27-18-6-8-23-19-16(18)10-22-11-17(19)21/h2-6,8,10-11,13H,7,9,12H2,1H3. The van der Waals surface area contributed by atoms with Crippen LogP contribution >= 0.6 is 0 Å². The SMILES string of the molecule is COC(=O)C1CCN(c2ccc(Oc3ccnc4c(F)cncc34)cc2)C1. The summed E-state index contributed by atoms with van der Waals surface area (Å²) in [6.07, 6.45) is 4.95. The topological polar surface area (TPSA) is 64.5 Å². The van der Waals surface area contributed by atoms with Gasteiger partial charge in [-0.1, -0.05) is 0 Å². The molecule has 0 amide bonds. The number of hydrogen-bond donors (Lipinski definition) is 0. The maximum atomic E-state index is 13.8. The molecular weight excluding hydrogens is 349 g/mol. The van der Waals surface area contributed by atoms with Crippen molar-refractivity contribution in [2.75, 3.05) is 25.1 Å². The van der Waals surface area contributed by atoms with E-state index in [0.717, 1.165) is 24.8 Å². The average molecular weight is 367 g/mol. The zero-order valence-electron chi connectivity index (χ0n) is 14.8. The summed E-state index contributed by atoms with van der Waals surface area (Å²) in [5.74, 6) is 0.382. The summed E-state index contributed by atoms with van der Waals surface area (Å²) >= 11 is 0. The summed E-state index contributed by atoms with van der Waals surface area (Å²) in [6, 6.07) is 9.26. The molecule has 1 aliphatic heterocycles. The number of carbonyl (C=O) groups is 1. The Labute approximate surface area is 155 Å². The van der Waals surface area contributed by atoms with Crippen LogP contribution < -0.4 is 9.64 Å². The molecule has 3 heterocycles. The number of halogens is 1. The number of benzene rings is 1. The van der Waals surface area contributed by atoms with E-state index in [1.54, 1.807) is 6.07 Å². The normalized spacial score (nSPS) is 16.5. The molecule has 6 nitrogen and oxygen atoms in total. The lowest BCUT2D eigenvalue weighted by Gasteiger charge is -2.18. The van der Waals surface area contributed by atoms with Crippen molar-refractivity contribution >= 4 is 22.6 Å². The molecule has 0 bridgehead atoms. The molecular formula is C20H18FN3O3. The van der Waals surface area contributed by atoms with Crippen LogP contribution in [0.5, 0.6) is 11.5 Å². The van der Waals surface area contributed by atoms with Crippen LogP contribution in [0.15, 0.2) is 48.9 Å². The fourth-order valence-electron chi connectivity index (χ4n) is 3.30. The molecule has 0 saturated carbocycles. The van der Waals surface area contributed by atoms with Gasteiger partial charge < -0.3 is 14.4 Å². The van der Waals surface area contributed by atoms with Gasteiger partial charge in [0, 0.05) is 31.2 Å². The highest BCUT2D eigenvalue weighted by atomic mass is 19.1. The van der Waals surface area contributed by atoms with Gasteiger partial charge in [-0.05, 0) is 36.8 Å². The predicted molar refractivity (Wildman–Crippen MR) is 98.3 cm³/mol. The molecule has 4 rings (SSSR count). The van der Waals surface area contributed by atoms with Gasteiger partial charge in [0.15, 0.2) is 5.82 Å². The molecule has 2 aromatic heterocycles. The molecule has 1 unspecified atom stereocenters. The van der Waals surface area contributed by atoms with Crippen LogP contribution in [0.3, 0.4) is 0 Å². The minimum Gasteiger partial charge on any atom is -0.469 e. The number of fused-ring (bicyclic) bond motifs is 1. The maximum Gasteiger partial charge on any atom is 0.310 e. The molecule has 1 fully saturated rings. The van der Waals surface area contributed by atoms with Crippen molar-refractivity contribution in [1.29, 1.82) is 0 Å². The first-order chi connectivity index (χ1) is 13.2. The van der Waals surface area contributed by atoms with E-state index >= 15 is 0 Å². The second kappa shape index (κ2) is 7.19. The third-order valence-electron chi connectivity index (χ3n) is 4.72. The first kappa shape index (κ1) is 17.2. The van der Waals surface area contributed by atoms with Crippen LogP contribution in [0, 0.1) is 11.7 Å². The van der Waals surface area contributed by atoms with Crippen molar-refractivity contribution in [2.24, 2.45) is 5.92 Å². The Kier molecular flexibility index (Phi) is 4.58. The zero-order chi connectivity index (χ0) is 18.8. The molecule has 3 aromatic rings. The molecule has 7 heteroatoms. The summed E-state index contributed by atoms with van der Waals surface area (Å²) in [5.41, 5.74) is 1.24. The average Bonchev–Trinajstić information content (AvgIpc) is 3.19. The summed E-state index contributed by atoms with van der Waals surface area (Å²) in [7, 11) is 1.42. The number of anilines is 1. The fourth-order valence-corrected chi connectivity index (χ4v) is 3.30. The summed E-state index contributed by atoms with van der Waals surface area (Å²) in [6.45, 7) is 1.45. The number of nitrogens with zero attached hydrogens (tertiary/aromatic N) is 3. The van der Waals surface area contributed by atoms with E-state index in [2.05, 4.69) is 14.9 Å². The van der Waals surface area contributed by atoms with Crippen molar-refractivity contribution < 1.29 is 18.7 Å². The molecule has 1 saturated heterocycles. The Bertz CT molecular complexity index is 978. The molecule has 0 spiro atoms. The predicted octanol–water partition coefficient (Wildman–Crippen LogP) is 3.56. The second-order valence-corrected chi connectivity index (χ2v) is 6.38. The Hall–Kier alpha value is -3.22. The zero-order valence-corrected chi connectivity index (χ0v) is 14.8. The van der Waals surface area contributed by atoms with E-state index in [-0.39, 0.29) is 17.4 Å². The Morgan fingerprint density at radius 3 is 2.81 bits per heavy atom. The lowest BCUT2D eigenvalue weighted by atomic mass is 10.1. The Balaban J connectivity index is 1.51. The van der Waals surface area contributed by atoms with Crippen molar-refractivity contribution in [3.63, 3.8) is 0 Å². The van der Waals surface area contributed by atoms with Crippen LogP contribution in [0.1, 0.15) is 6.42 Å². The van der Waals surface area contributed by atoms with Crippen molar-refractivity contribution in [3.05, 3.63) is 54.7 Å². The van der Waals surface area contributed by atoms with Gasteiger partial charge in [-0.2, -0.15) is 0 Å². The lowest BCUT2D eigenvalue weighted by Crippen LogP contribution is -2.23. The van der Waals surface area contributed by atoms with Gasteiger partial charge >= 0.3 is 5.97 Å². The van der Waals surface area contributed by atoms with Gasteiger partial charge in [-0.15, -0.1) is 0 Å². The van der Waals surface area contributed by atoms with Crippen LogP contribution in [-0.2, 0) is 9.53 Å². The van der Waals surface area contributed by atoms with E-state index in [1.165, 1.54) is 19.5 Å². The minimum atomic E-state index is -0.484. The molecule has 1 aromatic carbocycles. The third kappa shape index (κ3) is 3.40. The highest BCUT2D eigenvalue weighted by Gasteiger charge is 2.29. The van der Waals surface area contributed by atoms with Crippen LogP contribution in [0.2, 0.25) is 0 Å². The van der Waals surface area contributed by atoms with Gasteiger partial charge in [0.1, 0.15) is 17.0 Å². The minimum absolute atomic E-state index is 0.0866. The van der Waals surface area contributed by atoms with E-state index < -0.39 is 5.82 Å². The first-order valence-electron chi connectivity index (χ1n) is 8.64. The molecule has 1 aliphatic rings. The number of hydrogen-bond acceptors (Lipinski definition) is 6. The largest absolute Gasteiger partial charge is 0.469 e. The van der Waals surface area contributed by atoms with Crippen molar-refractivity contribution in [2.45, 2.75) is 6.42 Å². The summed E-state index contributed by atoms with van der Waals surface area (Å²) in [4.78, 5) is 21.7. The number of esters is 1. The molecule has 0 aliphatic carbocycles. The summed E-state index contributed by atoms with van der Waals surface area (Å²) in [5, 5.41) is 0.516. The highest BCUT2D eigenvalue weighted by Crippen LogP contribution is 2.31. The summed E-state index contributed by atoms with van der Waals surface area (Å²) < 4.78 is 24.6. The quantitative estimate of drug-likeness (QED) is 0.657. The highest BCUT2D eigenvalue weighted by molar-refractivity contribution is 5.84. The van der Waals surface area contributed by atoms with Gasteiger partial charge in [-0.25, -0.2) is 4.39 Å². The van der Waals surface area contributed by atoms with Crippen molar-refractivity contribution in [3.8, 4) is 11.5 Å². The van der Waals surface area contributed by atoms with Crippen molar-refractivity contribution in [1.82, 2.24) is 9.97 Å². The van der Waals surface area contributed by atoms with E-state index in [4.69, 9.17) is 9.47 Å². The van der Waals surface area contributed by atoms with Crippen LogP contribution in [0.25, 0.3) is 10.9 Å². The van der Waals surface area contributed by atoms with Crippen LogP contribution in [-0.4, -0.2) is 36.1 Å². The molecule has 1 atom stereocenters. The molecule has 0 radical (unpaired) electrons. The molecule has 138 valence electrons. The molecule has 0 N–H and O–H groups in total. The smallest absolute Gasteiger partial charge is 0.310 e. The fraction of sp³-hybridized carbons (Fsp3) is 0.250. The number of carbonyl (C=O) groups excluding carboxylic acids is 1. The number of rotatable bonds is 4. The molecule has 27 heavy (non-hydrogen) atoms. The monoisotopic (exact) mass is 367 g/mol. The number of methoxy groups -OCH3 is 1. The van der Waals surface area contributed by atoms with Crippen LogP contribution in [0.4, 0.5) is 10.1 Å². The van der Waals surface area contributed by atoms with Gasteiger partial charge in [0.2, 0.25) is 0 Å². The van der Waals surface area contributed by atoms with Gasteiger partial charge in [0.25, 0.3) is 0 Å². The van der Waals surface area contributed by atoms with Gasteiger partial charge in [0.05, 0.1) is 24.6 Å². The number of pyridine rings is 2. The van der Waals surface area contributed by atoms with Gasteiger partial charge in [-0.3, -0.25) is 14.8 Å². The van der Waals surface area contributed by atoms with E-state index in [0.29, 0.717) is 23.4 Å². The second-order valence-electron chi connectivity index (χ2n) is 6.38. The third-order valence-corrected chi connectivity index (χ3v) is 4.72. The van der Waals surface area contributed by atoms with E-state index in [9.17, 15) is 9.18 Å². The first-order valence-corrected chi connectivity index (χ1v) is 8.64. The van der Waals surface area contributed by atoms with E-state index in [1.807, 2.05) is 24.3 Å².